The van der Waals surface area contributed by atoms with E-state index in [0.29, 0.717) is 10.8 Å². The number of pyridine rings is 1. The first-order valence-corrected chi connectivity index (χ1v) is 4.37. The van der Waals surface area contributed by atoms with Crippen LogP contribution in [0.1, 0.15) is 24.5 Å². The lowest BCUT2D eigenvalue weighted by Crippen LogP contribution is -1.96. The van der Waals surface area contributed by atoms with Gasteiger partial charge in [0, 0.05) is 12.0 Å². The molecule has 1 saturated carbocycles. The van der Waals surface area contributed by atoms with E-state index in [9.17, 15) is 10.1 Å². The summed E-state index contributed by atoms with van der Waals surface area (Å²) in [5.74, 6) is 0.249. The summed E-state index contributed by atoms with van der Waals surface area (Å²) in [6.45, 7) is 0. The fourth-order valence-corrected chi connectivity index (χ4v) is 1.41. The summed E-state index contributed by atoms with van der Waals surface area (Å²) in [4.78, 5) is 14.2. The van der Waals surface area contributed by atoms with E-state index in [1.807, 2.05) is 0 Å². The van der Waals surface area contributed by atoms with Gasteiger partial charge in [0.05, 0.1) is 4.92 Å². The molecular formula is C8H7ClN2O2. The summed E-state index contributed by atoms with van der Waals surface area (Å²) in [5, 5.41) is 10.9. The largest absolute Gasteiger partial charge is 0.291 e. The number of hydrogen-bond donors (Lipinski definition) is 0. The molecule has 0 saturated heterocycles. The molecule has 0 aromatic carbocycles. The van der Waals surface area contributed by atoms with Gasteiger partial charge in [0.15, 0.2) is 0 Å². The Kier molecular flexibility index (Phi) is 1.92. The van der Waals surface area contributed by atoms with E-state index in [2.05, 4.69) is 4.98 Å². The molecule has 0 aliphatic heterocycles. The molecule has 0 N–H and O–H groups in total. The lowest BCUT2D eigenvalue weighted by molar-refractivity contribution is -0.385. The molecular weight excluding hydrogens is 192 g/mol. The number of hydrogen-bond acceptors (Lipinski definition) is 3. The van der Waals surface area contributed by atoms with Crippen LogP contribution in [0.3, 0.4) is 0 Å². The van der Waals surface area contributed by atoms with Crippen LogP contribution >= 0.6 is 11.6 Å². The third kappa shape index (κ3) is 1.62. The highest BCUT2D eigenvalue weighted by Crippen LogP contribution is 2.43. The van der Waals surface area contributed by atoms with Crippen molar-refractivity contribution in [3.05, 3.63) is 33.1 Å². The maximum atomic E-state index is 10.6. The minimum atomic E-state index is -0.406. The van der Waals surface area contributed by atoms with Crippen molar-refractivity contribution in [2.24, 2.45) is 0 Å². The van der Waals surface area contributed by atoms with Crippen molar-refractivity contribution >= 4 is 17.3 Å². The zero-order valence-electron chi connectivity index (χ0n) is 6.74. The van der Waals surface area contributed by atoms with Crippen LogP contribution in [0.15, 0.2) is 12.1 Å². The van der Waals surface area contributed by atoms with Gasteiger partial charge in [-0.05, 0) is 18.9 Å². The summed E-state index contributed by atoms with van der Waals surface area (Å²) in [6, 6.07) is 2.87. The molecule has 13 heavy (non-hydrogen) atoms. The SMILES string of the molecule is O=[N+]([O-])c1ccc(Cl)nc1C1CC1. The van der Waals surface area contributed by atoms with Crippen LogP contribution in [0.2, 0.25) is 5.15 Å². The first-order chi connectivity index (χ1) is 6.18. The summed E-state index contributed by atoms with van der Waals surface area (Å²) in [6.07, 6.45) is 1.96. The van der Waals surface area contributed by atoms with E-state index < -0.39 is 4.92 Å². The lowest BCUT2D eigenvalue weighted by Gasteiger charge is -1.99. The van der Waals surface area contributed by atoms with E-state index in [0.717, 1.165) is 12.8 Å². The third-order valence-corrected chi connectivity index (χ3v) is 2.24. The Hall–Kier alpha value is -1.16. The molecule has 5 heteroatoms. The predicted molar refractivity (Wildman–Crippen MR) is 47.9 cm³/mol. The molecule has 1 aliphatic rings. The Bertz CT molecular complexity index is 363. The van der Waals surface area contributed by atoms with Crippen LogP contribution in [-0.4, -0.2) is 9.91 Å². The quantitative estimate of drug-likeness (QED) is 0.417. The fraction of sp³-hybridized carbons (Fsp3) is 0.375. The Morgan fingerprint density at radius 2 is 2.23 bits per heavy atom. The summed E-state index contributed by atoms with van der Waals surface area (Å²) in [7, 11) is 0. The van der Waals surface area contributed by atoms with E-state index in [1.54, 1.807) is 0 Å². The van der Waals surface area contributed by atoms with E-state index in [4.69, 9.17) is 11.6 Å². The smallest absolute Gasteiger partial charge is 0.258 e. The van der Waals surface area contributed by atoms with Gasteiger partial charge in [0.2, 0.25) is 0 Å². The topological polar surface area (TPSA) is 56.0 Å². The van der Waals surface area contributed by atoms with Crippen molar-refractivity contribution < 1.29 is 4.92 Å². The van der Waals surface area contributed by atoms with Crippen molar-refractivity contribution in [1.82, 2.24) is 4.98 Å². The highest BCUT2D eigenvalue weighted by molar-refractivity contribution is 6.29. The average molecular weight is 199 g/mol. The molecule has 4 nitrogen and oxygen atoms in total. The molecule has 0 radical (unpaired) electrons. The van der Waals surface area contributed by atoms with Crippen LogP contribution < -0.4 is 0 Å². The molecule has 0 bridgehead atoms. The molecule has 1 aliphatic carbocycles. The molecule has 2 rings (SSSR count). The van der Waals surface area contributed by atoms with Crippen molar-refractivity contribution in [2.75, 3.05) is 0 Å². The third-order valence-electron chi connectivity index (χ3n) is 2.03. The van der Waals surface area contributed by atoms with E-state index >= 15 is 0 Å². The number of rotatable bonds is 2. The number of halogens is 1. The van der Waals surface area contributed by atoms with Crippen LogP contribution in [0.25, 0.3) is 0 Å². The van der Waals surface area contributed by atoms with Gasteiger partial charge in [-0.15, -0.1) is 0 Å². The second-order valence-corrected chi connectivity index (χ2v) is 3.46. The van der Waals surface area contributed by atoms with E-state index in [1.165, 1.54) is 12.1 Å². The number of nitro groups is 1. The zero-order chi connectivity index (χ0) is 9.42. The summed E-state index contributed by atoms with van der Waals surface area (Å²) >= 11 is 5.66. The molecule has 1 fully saturated rings. The maximum absolute atomic E-state index is 10.6. The molecule has 1 heterocycles. The minimum Gasteiger partial charge on any atom is -0.258 e. The second kappa shape index (κ2) is 2.96. The van der Waals surface area contributed by atoms with Crippen molar-refractivity contribution in [3.8, 4) is 0 Å². The molecule has 0 amide bonds. The summed E-state index contributed by atoms with van der Waals surface area (Å²) < 4.78 is 0. The molecule has 1 aromatic rings. The number of nitrogens with zero attached hydrogens (tertiary/aromatic N) is 2. The minimum absolute atomic E-state index is 0.0897. The lowest BCUT2D eigenvalue weighted by atomic mass is 10.2. The maximum Gasteiger partial charge on any atom is 0.291 e. The van der Waals surface area contributed by atoms with Gasteiger partial charge in [-0.25, -0.2) is 4.98 Å². The zero-order valence-corrected chi connectivity index (χ0v) is 7.49. The normalized spacial score (nSPS) is 15.8. The van der Waals surface area contributed by atoms with Crippen molar-refractivity contribution in [1.29, 1.82) is 0 Å². The Balaban J connectivity index is 2.47. The highest BCUT2D eigenvalue weighted by atomic mass is 35.5. The average Bonchev–Trinajstić information content (AvgIpc) is 2.85. The second-order valence-electron chi connectivity index (χ2n) is 3.07. The molecule has 0 spiro atoms. The first kappa shape index (κ1) is 8.44. The fourth-order valence-electron chi connectivity index (χ4n) is 1.25. The van der Waals surface area contributed by atoms with Crippen molar-refractivity contribution in [2.45, 2.75) is 18.8 Å². The Morgan fingerprint density at radius 3 is 2.77 bits per heavy atom. The molecule has 0 unspecified atom stereocenters. The van der Waals surface area contributed by atoms with Gasteiger partial charge >= 0.3 is 0 Å². The van der Waals surface area contributed by atoms with Crippen LogP contribution in [-0.2, 0) is 0 Å². The Morgan fingerprint density at radius 1 is 1.54 bits per heavy atom. The van der Waals surface area contributed by atoms with Gasteiger partial charge in [-0.2, -0.15) is 0 Å². The predicted octanol–water partition coefficient (Wildman–Crippen LogP) is 2.52. The van der Waals surface area contributed by atoms with Gasteiger partial charge in [-0.1, -0.05) is 11.6 Å². The van der Waals surface area contributed by atoms with Gasteiger partial charge in [0.1, 0.15) is 10.8 Å². The highest BCUT2D eigenvalue weighted by Gasteiger charge is 2.32. The van der Waals surface area contributed by atoms with Crippen LogP contribution in [0.5, 0.6) is 0 Å². The first-order valence-electron chi connectivity index (χ1n) is 3.99. The molecule has 0 atom stereocenters. The van der Waals surface area contributed by atoms with Crippen LogP contribution in [0, 0.1) is 10.1 Å². The van der Waals surface area contributed by atoms with Crippen molar-refractivity contribution in [3.63, 3.8) is 0 Å². The van der Waals surface area contributed by atoms with Gasteiger partial charge in [-0.3, -0.25) is 10.1 Å². The standard InChI is InChI=1S/C8H7ClN2O2/c9-7-4-3-6(11(12)13)8(10-7)5-1-2-5/h3-5H,1-2H2. The molecule has 68 valence electrons. The number of aromatic nitrogens is 1. The van der Waals surface area contributed by atoms with Gasteiger partial charge in [0.25, 0.3) is 5.69 Å². The molecule has 1 aromatic heterocycles. The summed E-state index contributed by atoms with van der Waals surface area (Å²) in [5.41, 5.74) is 0.629. The monoisotopic (exact) mass is 198 g/mol. The Labute approximate surface area is 79.7 Å². The van der Waals surface area contributed by atoms with Gasteiger partial charge < -0.3 is 0 Å². The van der Waals surface area contributed by atoms with Crippen LogP contribution in [0.4, 0.5) is 5.69 Å². The van der Waals surface area contributed by atoms with E-state index in [-0.39, 0.29) is 11.6 Å².